The molecule has 1 nitrogen and oxygen atoms in total. The molecule has 0 radical (unpaired) electrons. The normalized spacial score (nSPS) is 14.9. The predicted molar refractivity (Wildman–Crippen MR) is 76.9 cm³/mol. The van der Waals surface area contributed by atoms with Crippen LogP contribution in [0.3, 0.4) is 0 Å². The molecule has 0 spiro atoms. The molecule has 1 rings (SSSR count). The summed E-state index contributed by atoms with van der Waals surface area (Å²) in [5.41, 5.74) is 0. The van der Waals surface area contributed by atoms with Gasteiger partial charge in [0, 0.05) is 0 Å². The van der Waals surface area contributed by atoms with Crippen LogP contribution in [0, 0.1) is 0 Å². The zero-order chi connectivity index (χ0) is 10.8. The molecule has 5 heteroatoms. The summed E-state index contributed by atoms with van der Waals surface area (Å²) in [6.45, 7) is 11.8. The Kier molecular flexibility index (Phi) is 9.60. The van der Waals surface area contributed by atoms with Crippen LogP contribution < -0.4 is 4.17 Å². The molecule has 0 amide bonds. The smallest absolute Gasteiger partial charge is 0.147 e. The van der Waals surface area contributed by atoms with E-state index in [1.807, 2.05) is 0 Å². The molecule has 0 aliphatic heterocycles. The minimum absolute atomic E-state index is 0. The van der Waals surface area contributed by atoms with Gasteiger partial charge in [-0.3, -0.25) is 0 Å². The minimum atomic E-state index is -1.08. The van der Waals surface area contributed by atoms with Crippen LogP contribution in [0.5, 0.6) is 0 Å². The number of hydrogen-bond acceptors (Lipinski definition) is 1. The summed E-state index contributed by atoms with van der Waals surface area (Å²) in [6.07, 6.45) is 5.92. The number of hydrogen-bond donors (Lipinski definition) is 1. The van der Waals surface area contributed by atoms with E-state index in [9.17, 15) is 0 Å². The van der Waals surface area contributed by atoms with Crippen molar-refractivity contribution in [3.8, 4) is 0 Å². The Labute approximate surface area is 121 Å². The first-order valence-corrected chi connectivity index (χ1v) is 10.2. The van der Waals surface area contributed by atoms with Crippen LogP contribution in [-0.4, -0.2) is 14.1 Å². The fraction of sp³-hybridized carbons (Fsp3) is 0.636. The third-order valence-electron chi connectivity index (χ3n) is 2.17. The Hall–Kier alpha value is 0.821. The number of halogens is 2. The van der Waals surface area contributed by atoms with Gasteiger partial charge in [-0.1, -0.05) is 0 Å². The Bertz CT molecular complexity index is 270. The van der Waals surface area contributed by atoms with E-state index < -0.39 is 8.07 Å². The molecule has 0 bridgehead atoms. The zero-order valence-electron chi connectivity index (χ0n) is 10.7. The van der Waals surface area contributed by atoms with E-state index in [1.165, 1.54) is 6.42 Å². The van der Waals surface area contributed by atoms with Crippen molar-refractivity contribution in [1.82, 2.24) is 4.17 Å². The molecule has 1 aliphatic rings. The number of rotatable bonds is 4. The first kappa shape index (κ1) is 19.2. The van der Waals surface area contributed by atoms with Crippen LogP contribution in [0.15, 0.2) is 21.6 Å². The molecular weight excluding hydrogens is 296 g/mol. The van der Waals surface area contributed by atoms with E-state index in [4.69, 9.17) is 0 Å². The average Bonchev–Trinajstić information content (AvgIpc) is 2.46. The molecular formula is C11H23Cl2NSiV. The van der Waals surface area contributed by atoms with Gasteiger partial charge in [0.2, 0.25) is 0 Å². The summed E-state index contributed by atoms with van der Waals surface area (Å²) in [4.78, 5) is 0. The van der Waals surface area contributed by atoms with Crippen LogP contribution in [-0.2, 0) is 16.5 Å². The summed E-state index contributed by atoms with van der Waals surface area (Å²) < 4.78 is 5.32. The average molecular weight is 319 g/mol. The first-order chi connectivity index (χ1) is 6.41. The monoisotopic (exact) mass is 318 g/mol. The first-order valence-electron chi connectivity index (χ1n) is 5.27. The van der Waals surface area contributed by atoms with E-state index in [-0.39, 0.29) is 41.3 Å². The molecule has 0 aromatic rings. The second-order valence-corrected chi connectivity index (χ2v) is 11.7. The van der Waals surface area contributed by atoms with Crippen molar-refractivity contribution in [3.63, 3.8) is 0 Å². The fourth-order valence-electron chi connectivity index (χ4n) is 1.49. The van der Waals surface area contributed by atoms with Crippen molar-refractivity contribution in [3.05, 3.63) is 21.6 Å². The van der Waals surface area contributed by atoms with Gasteiger partial charge in [0.05, 0.1) is 0 Å². The van der Waals surface area contributed by atoms with Gasteiger partial charge in [-0.05, 0) is 0 Å². The van der Waals surface area contributed by atoms with Gasteiger partial charge in [-0.15, -0.1) is 24.8 Å². The van der Waals surface area contributed by atoms with Gasteiger partial charge in [-0.25, -0.2) is 0 Å². The Morgan fingerprint density at radius 3 is 2.25 bits per heavy atom. The summed E-state index contributed by atoms with van der Waals surface area (Å²) in [5, 5.41) is 1.70. The molecule has 0 fully saturated rings. The van der Waals surface area contributed by atoms with Gasteiger partial charge in [0.15, 0.2) is 0 Å². The summed E-state index contributed by atoms with van der Waals surface area (Å²) in [6, 6.07) is 0.631. The second kappa shape index (κ2) is 8.02. The van der Waals surface area contributed by atoms with Crippen molar-refractivity contribution in [1.29, 1.82) is 0 Å². The molecule has 0 saturated carbocycles. The topological polar surface area (TPSA) is 12.0 Å². The third kappa shape index (κ3) is 5.95. The molecule has 1 aliphatic carbocycles. The van der Waals surface area contributed by atoms with E-state index in [0.717, 1.165) is 0 Å². The molecule has 0 aromatic heterocycles. The molecule has 0 saturated heterocycles. The van der Waals surface area contributed by atoms with Gasteiger partial charge < -0.3 is 0 Å². The van der Waals surface area contributed by atoms with E-state index >= 15 is 0 Å². The Balaban J connectivity index is 0. The summed E-state index contributed by atoms with van der Waals surface area (Å²) in [5.74, 6) is 0. The maximum atomic E-state index is 3.61. The zero-order valence-corrected chi connectivity index (χ0v) is 14.7. The van der Waals surface area contributed by atoms with Gasteiger partial charge >= 0.3 is 96.3 Å². The molecule has 95 valence electrons. The van der Waals surface area contributed by atoms with Crippen LogP contribution >= 0.6 is 24.8 Å². The second-order valence-electron chi connectivity index (χ2n) is 5.11. The number of allylic oxidation sites excluding steroid dienone is 4. The van der Waals surface area contributed by atoms with Crippen LogP contribution in [0.4, 0.5) is 0 Å². The maximum absolute atomic E-state index is 3.61. The molecule has 16 heavy (non-hydrogen) atoms. The third-order valence-corrected chi connectivity index (χ3v) is 6.68. The SMILES string of the molecule is CC(C)[NH][V][C]1=C([Si](C)(C)C)C=CC1.Cl.Cl. The number of nitrogens with one attached hydrogen (secondary N) is 1. The van der Waals surface area contributed by atoms with E-state index in [0.29, 0.717) is 6.04 Å². The standard InChI is InChI=1S/C8H13Si.C3H8N.2ClH.V/c1-9(2,3)8-6-4-5-7-8;1-3(2)4;;;/h4,6H,5H2,1-3H3;3-4H,1-2H3;2*1H;/q;-1;;;+1. The van der Waals surface area contributed by atoms with Gasteiger partial charge in [0.1, 0.15) is 0 Å². The van der Waals surface area contributed by atoms with Gasteiger partial charge in [-0.2, -0.15) is 0 Å². The van der Waals surface area contributed by atoms with Crippen molar-refractivity contribution in [2.45, 2.75) is 46.0 Å². The largest absolute Gasteiger partial charge is 0.147 e. The Morgan fingerprint density at radius 1 is 1.25 bits per heavy atom. The van der Waals surface area contributed by atoms with Gasteiger partial charge in [0.25, 0.3) is 0 Å². The molecule has 0 atom stereocenters. The van der Waals surface area contributed by atoms with Crippen molar-refractivity contribution < 1.29 is 16.5 Å². The minimum Gasteiger partial charge on any atom is -0.147 e. The quantitative estimate of drug-likeness (QED) is 0.775. The van der Waals surface area contributed by atoms with Crippen molar-refractivity contribution in [2.24, 2.45) is 0 Å². The summed E-state index contributed by atoms with van der Waals surface area (Å²) in [7, 11) is -1.08. The molecule has 0 unspecified atom stereocenters. The van der Waals surface area contributed by atoms with Crippen LogP contribution in [0.25, 0.3) is 0 Å². The molecule has 0 heterocycles. The van der Waals surface area contributed by atoms with Crippen molar-refractivity contribution >= 4 is 32.9 Å². The Morgan fingerprint density at radius 2 is 1.81 bits per heavy atom. The molecule has 0 aromatic carbocycles. The maximum Gasteiger partial charge on any atom is -0.147 e. The van der Waals surface area contributed by atoms with Crippen molar-refractivity contribution in [2.75, 3.05) is 0 Å². The molecule has 1 N–H and O–H groups in total. The van der Waals surface area contributed by atoms with Crippen LogP contribution in [0.2, 0.25) is 19.6 Å². The van der Waals surface area contributed by atoms with E-state index in [1.54, 1.807) is 9.48 Å². The summed E-state index contributed by atoms with van der Waals surface area (Å²) >= 11 is 0.224. The fourth-order valence-corrected chi connectivity index (χ4v) is 6.14. The van der Waals surface area contributed by atoms with Crippen LogP contribution in [0.1, 0.15) is 20.3 Å². The predicted octanol–water partition coefficient (Wildman–Crippen LogP) is 3.92. The van der Waals surface area contributed by atoms with E-state index in [2.05, 4.69) is 49.8 Å².